The Balaban J connectivity index is 1.75. The van der Waals surface area contributed by atoms with Gasteiger partial charge in [0.1, 0.15) is 0 Å². The van der Waals surface area contributed by atoms with E-state index in [4.69, 9.17) is 9.47 Å². The summed E-state index contributed by atoms with van der Waals surface area (Å²) in [5.74, 6) is -0.400. The number of hydrogen-bond acceptors (Lipinski definition) is 5. The van der Waals surface area contributed by atoms with Crippen molar-refractivity contribution in [3.05, 3.63) is 12.2 Å². The molecule has 144 valence electrons. The summed E-state index contributed by atoms with van der Waals surface area (Å²) in [6.45, 7) is 7.60. The molecule has 26 heavy (non-hydrogen) atoms. The van der Waals surface area contributed by atoms with Gasteiger partial charge in [-0.1, -0.05) is 19.9 Å². The Morgan fingerprint density at radius 2 is 2.00 bits per heavy atom. The fourth-order valence-electron chi connectivity index (χ4n) is 8.18. The summed E-state index contributed by atoms with van der Waals surface area (Å²) in [5.41, 5.74) is -0.795. The van der Waals surface area contributed by atoms with E-state index in [-0.39, 0.29) is 34.6 Å². The molecular weight excluding hydrogens is 332 g/mol. The van der Waals surface area contributed by atoms with Crippen molar-refractivity contribution in [3.63, 3.8) is 0 Å². The highest BCUT2D eigenvalue weighted by molar-refractivity contribution is 6.04. The Bertz CT molecular complexity index is 661. The Morgan fingerprint density at radius 3 is 2.73 bits per heavy atom. The lowest BCUT2D eigenvalue weighted by molar-refractivity contribution is -0.297. The van der Waals surface area contributed by atoms with Crippen LogP contribution in [0.15, 0.2) is 12.2 Å². The third-order valence-corrected chi connectivity index (χ3v) is 9.01. The summed E-state index contributed by atoms with van der Waals surface area (Å²) in [4.78, 5) is 13.5. The van der Waals surface area contributed by atoms with Gasteiger partial charge in [-0.15, -0.1) is 0 Å². The van der Waals surface area contributed by atoms with Crippen LogP contribution < -0.4 is 0 Å². The van der Waals surface area contributed by atoms with E-state index in [2.05, 4.69) is 13.5 Å². The molecule has 0 aromatic carbocycles. The molecule has 1 heterocycles. The van der Waals surface area contributed by atoms with Crippen LogP contribution >= 0.6 is 0 Å². The molecule has 5 aliphatic rings. The molecule has 1 spiro atoms. The second-order valence-corrected chi connectivity index (χ2v) is 9.87. The van der Waals surface area contributed by atoms with Crippen LogP contribution in [-0.2, 0) is 14.3 Å². The van der Waals surface area contributed by atoms with E-state index in [9.17, 15) is 15.0 Å². The molecule has 0 amide bonds. The van der Waals surface area contributed by atoms with Crippen LogP contribution in [0.4, 0.5) is 0 Å². The highest BCUT2D eigenvalue weighted by Gasteiger charge is 2.78. The van der Waals surface area contributed by atoms with Gasteiger partial charge in [0.25, 0.3) is 0 Å². The minimum Gasteiger partial charge on any atom is -0.393 e. The molecule has 0 unspecified atom stereocenters. The SMILES string of the molecule is C=C1C(=O)[C@@]23[C@@H](OC)C[C@@H]4[C@@]5(C)CCC[C@@]4(COC5)[C@@H]2[C@@H](O)C[C@@H]1[C@H]3O. The molecule has 0 aromatic rings. The number of Topliss-reactive ketones (excluding diaryl/α,β-unsaturated/α-hetero) is 1. The topological polar surface area (TPSA) is 76.0 Å². The Labute approximate surface area is 154 Å². The van der Waals surface area contributed by atoms with Gasteiger partial charge < -0.3 is 19.7 Å². The van der Waals surface area contributed by atoms with E-state index in [0.717, 1.165) is 32.3 Å². The fraction of sp³-hybridized carbons (Fsp3) is 0.857. The fourth-order valence-corrected chi connectivity index (χ4v) is 8.18. The molecule has 5 heteroatoms. The molecule has 9 atom stereocenters. The monoisotopic (exact) mass is 362 g/mol. The summed E-state index contributed by atoms with van der Waals surface area (Å²) >= 11 is 0. The van der Waals surface area contributed by atoms with Crippen LogP contribution in [0.2, 0.25) is 0 Å². The summed E-state index contributed by atoms with van der Waals surface area (Å²) in [7, 11) is 1.64. The van der Waals surface area contributed by atoms with E-state index in [1.807, 2.05) is 0 Å². The number of carbonyl (C=O) groups is 1. The highest BCUT2D eigenvalue weighted by atomic mass is 16.5. The maximum absolute atomic E-state index is 13.5. The lowest BCUT2D eigenvalue weighted by atomic mass is 9.38. The second-order valence-electron chi connectivity index (χ2n) is 9.87. The van der Waals surface area contributed by atoms with Crippen LogP contribution in [-0.4, -0.2) is 54.6 Å². The van der Waals surface area contributed by atoms with Gasteiger partial charge >= 0.3 is 0 Å². The Kier molecular flexibility index (Phi) is 3.47. The molecule has 5 fully saturated rings. The minimum atomic E-state index is -1.07. The highest BCUT2D eigenvalue weighted by Crippen LogP contribution is 2.72. The average molecular weight is 362 g/mol. The number of ether oxygens (including phenoxy) is 2. The first-order chi connectivity index (χ1) is 12.3. The largest absolute Gasteiger partial charge is 0.393 e. The van der Waals surface area contributed by atoms with Crippen molar-refractivity contribution in [3.8, 4) is 0 Å². The number of aliphatic hydroxyl groups is 2. The Morgan fingerprint density at radius 1 is 1.23 bits per heavy atom. The van der Waals surface area contributed by atoms with Crippen molar-refractivity contribution in [1.29, 1.82) is 0 Å². The summed E-state index contributed by atoms with van der Waals surface area (Å²) < 4.78 is 12.0. The first kappa shape index (κ1) is 17.4. The van der Waals surface area contributed by atoms with Gasteiger partial charge in [0.15, 0.2) is 5.78 Å². The summed E-state index contributed by atoms with van der Waals surface area (Å²) in [5, 5.41) is 22.6. The van der Waals surface area contributed by atoms with Crippen molar-refractivity contribution >= 4 is 5.78 Å². The lowest BCUT2D eigenvalue weighted by Crippen LogP contribution is -2.73. The van der Waals surface area contributed by atoms with Crippen LogP contribution in [0, 0.1) is 34.0 Å². The van der Waals surface area contributed by atoms with E-state index < -0.39 is 17.6 Å². The molecule has 0 radical (unpaired) electrons. The first-order valence-corrected chi connectivity index (χ1v) is 10.0. The van der Waals surface area contributed by atoms with E-state index in [0.29, 0.717) is 24.5 Å². The second kappa shape index (κ2) is 5.19. The molecule has 0 aromatic heterocycles. The molecule has 4 bridgehead atoms. The van der Waals surface area contributed by atoms with E-state index in [1.165, 1.54) is 0 Å². The van der Waals surface area contributed by atoms with E-state index >= 15 is 0 Å². The van der Waals surface area contributed by atoms with Crippen LogP contribution in [0.25, 0.3) is 0 Å². The van der Waals surface area contributed by atoms with Crippen molar-refractivity contribution in [2.75, 3.05) is 20.3 Å². The van der Waals surface area contributed by atoms with E-state index in [1.54, 1.807) is 7.11 Å². The molecule has 4 aliphatic carbocycles. The zero-order chi connectivity index (χ0) is 18.5. The molecule has 4 saturated carbocycles. The van der Waals surface area contributed by atoms with Crippen molar-refractivity contribution < 1.29 is 24.5 Å². The third-order valence-electron chi connectivity index (χ3n) is 9.01. The quantitative estimate of drug-likeness (QED) is 0.695. The molecule has 2 N–H and O–H groups in total. The van der Waals surface area contributed by atoms with Gasteiger partial charge in [-0.2, -0.15) is 0 Å². The van der Waals surface area contributed by atoms with Crippen molar-refractivity contribution in [2.24, 2.45) is 34.0 Å². The predicted molar refractivity (Wildman–Crippen MR) is 94.3 cm³/mol. The lowest BCUT2D eigenvalue weighted by Gasteiger charge is -2.69. The smallest absolute Gasteiger partial charge is 0.170 e. The van der Waals surface area contributed by atoms with Gasteiger partial charge in [-0.3, -0.25) is 4.79 Å². The predicted octanol–water partition coefficient (Wildman–Crippen LogP) is 1.71. The number of ketones is 1. The number of fused-ring (bicyclic) bond motifs is 1. The molecule has 5 rings (SSSR count). The van der Waals surface area contributed by atoms with Crippen molar-refractivity contribution in [1.82, 2.24) is 0 Å². The number of methoxy groups -OCH3 is 1. The molecule has 5 nitrogen and oxygen atoms in total. The molecule has 1 saturated heterocycles. The van der Waals surface area contributed by atoms with Gasteiger partial charge in [0.05, 0.1) is 36.9 Å². The van der Waals surface area contributed by atoms with Gasteiger partial charge in [0, 0.05) is 24.4 Å². The normalized spacial score (nSPS) is 58.3. The molecular formula is C21H30O5. The van der Waals surface area contributed by atoms with Crippen LogP contribution in [0.1, 0.15) is 39.0 Å². The van der Waals surface area contributed by atoms with Crippen molar-refractivity contribution in [2.45, 2.75) is 57.3 Å². The third kappa shape index (κ3) is 1.66. The zero-order valence-corrected chi connectivity index (χ0v) is 15.7. The average Bonchev–Trinajstić information content (AvgIpc) is 2.71. The van der Waals surface area contributed by atoms with Gasteiger partial charge in [-0.05, 0) is 42.6 Å². The maximum Gasteiger partial charge on any atom is 0.170 e. The van der Waals surface area contributed by atoms with Crippen LogP contribution in [0.5, 0.6) is 0 Å². The minimum absolute atomic E-state index is 0.0507. The number of carbonyl (C=O) groups excluding carboxylic acids is 1. The number of aliphatic hydroxyl groups excluding tert-OH is 2. The zero-order valence-electron chi connectivity index (χ0n) is 15.7. The van der Waals surface area contributed by atoms with Gasteiger partial charge in [0.2, 0.25) is 0 Å². The maximum atomic E-state index is 13.5. The summed E-state index contributed by atoms with van der Waals surface area (Å²) in [6, 6.07) is 0. The standard InChI is InChI=1S/C21H30O5/c1-11-12-7-13(22)16-20-6-4-5-19(2,9-26-10-20)14(20)8-15(25-3)21(16,17(11)23)18(12)24/h12-16,18,22,24H,1,4-10H2,2-3H3/t12-,13-,14+,15-,16-,18+,19-,20-,21+/m0/s1. The summed E-state index contributed by atoms with van der Waals surface area (Å²) in [6.07, 6.45) is 2.49. The first-order valence-electron chi connectivity index (χ1n) is 10.0. The molecule has 1 aliphatic heterocycles. The number of hydrogen-bond donors (Lipinski definition) is 2. The van der Waals surface area contributed by atoms with Gasteiger partial charge in [-0.25, -0.2) is 0 Å². The number of rotatable bonds is 1. The Hall–Kier alpha value is -0.750. The van der Waals surface area contributed by atoms with Crippen LogP contribution in [0.3, 0.4) is 0 Å².